The van der Waals surface area contributed by atoms with Crippen molar-refractivity contribution in [2.45, 2.75) is 114 Å². The molecule has 8 fully saturated rings. The number of fused-ring (bicyclic) bond motifs is 4. The number of likely N-dealkylation sites (tertiary alicyclic amines) is 1. The number of nitrogens with one attached hydrogen (secondary N) is 1. The Labute approximate surface area is 312 Å². The highest BCUT2D eigenvalue weighted by molar-refractivity contribution is 5.96. The van der Waals surface area contributed by atoms with Crippen LogP contribution in [0.4, 0.5) is 0 Å². The maximum absolute atomic E-state index is 15.2. The van der Waals surface area contributed by atoms with Crippen molar-refractivity contribution in [2.24, 2.45) is 22.7 Å². The molecule has 15 nitrogen and oxygen atoms in total. The van der Waals surface area contributed by atoms with Crippen molar-refractivity contribution in [3.05, 3.63) is 41.5 Å². The van der Waals surface area contributed by atoms with E-state index in [2.05, 4.69) is 5.32 Å². The van der Waals surface area contributed by atoms with Gasteiger partial charge in [-0.2, -0.15) is 5.06 Å². The van der Waals surface area contributed by atoms with Crippen LogP contribution in [0.25, 0.3) is 6.08 Å². The summed E-state index contributed by atoms with van der Waals surface area (Å²) >= 11 is 0. The third kappa shape index (κ3) is 5.76. The highest BCUT2D eigenvalue weighted by Gasteiger charge is 2.78. The molecule has 15 heteroatoms. The zero-order valence-corrected chi connectivity index (χ0v) is 30.5. The molecule has 54 heavy (non-hydrogen) atoms. The number of carbonyl (C=O) groups is 5. The van der Waals surface area contributed by atoms with Gasteiger partial charge in [-0.1, -0.05) is 38.1 Å². The molecule has 3 aliphatic carbocycles. The van der Waals surface area contributed by atoms with Crippen molar-refractivity contribution in [1.29, 1.82) is 0 Å². The normalized spacial score (nSPS) is 36.2. The maximum atomic E-state index is 15.2. The molecule has 9 rings (SSSR count). The van der Waals surface area contributed by atoms with E-state index in [0.29, 0.717) is 24.9 Å². The Morgan fingerprint density at radius 1 is 1.04 bits per heavy atom. The minimum Gasteiger partial charge on any atom is -0.462 e. The number of aliphatic hydroxyl groups excluding tert-OH is 1. The van der Waals surface area contributed by atoms with Gasteiger partial charge in [-0.3, -0.25) is 19.2 Å². The number of hydrogen-bond acceptors (Lipinski definition) is 13. The number of rotatable bonds is 11. The van der Waals surface area contributed by atoms with Crippen LogP contribution in [0.15, 0.2) is 30.3 Å². The van der Waals surface area contributed by atoms with Crippen LogP contribution in [0, 0.1) is 22.7 Å². The van der Waals surface area contributed by atoms with Crippen molar-refractivity contribution in [3.63, 3.8) is 0 Å². The standard InChI is InChI=1S/C39H47N3O12/c1-37(2)20-49-35(47)32(37)51-27(44)13-8-21-5-3-6-22(17-21)19-42-30-34(46)50-26-18-38(30,36(48)41-15-4-7-25(41)33(45)40-14-16-43)31(54-42)29-28(26)52-39(53-29,23-9-10-23)24-11-12-24/h3,5-6,8,13,17,23-26,28-32,43H,4,7,9-12,14-16,18-20H2,1-2H3,(H,40,45)/t25-,26+,28+,29+,30+,31-,32+,38+/m1/s1. The second kappa shape index (κ2) is 13.1. The van der Waals surface area contributed by atoms with Crippen LogP contribution >= 0.6 is 0 Å². The van der Waals surface area contributed by atoms with Crippen LogP contribution < -0.4 is 5.32 Å². The average molecular weight is 750 g/mol. The molecule has 2 amide bonds. The van der Waals surface area contributed by atoms with Gasteiger partial charge in [0, 0.05) is 42.8 Å². The summed E-state index contributed by atoms with van der Waals surface area (Å²) in [4.78, 5) is 75.8. The summed E-state index contributed by atoms with van der Waals surface area (Å²) in [6.45, 7) is 4.03. The predicted molar refractivity (Wildman–Crippen MR) is 184 cm³/mol. The van der Waals surface area contributed by atoms with Crippen LogP contribution in [0.1, 0.15) is 69.9 Å². The van der Waals surface area contributed by atoms with Gasteiger partial charge < -0.3 is 39.0 Å². The number of esters is 3. The Kier molecular flexibility index (Phi) is 8.69. The molecule has 0 unspecified atom stereocenters. The summed E-state index contributed by atoms with van der Waals surface area (Å²) in [5, 5.41) is 13.6. The predicted octanol–water partition coefficient (Wildman–Crippen LogP) is 1.39. The minimum absolute atomic E-state index is 0.0706. The maximum Gasteiger partial charge on any atom is 0.348 e. The van der Waals surface area contributed by atoms with E-state index in [1.807, 2.05) is 12.1 Å². The Bertz CT molecular complexity index is 1760. The van der Waals surface area contributed by atoms with E-state index >= 15 is 4.79 Å². The van der Waals surface area contributed by atoms with Gasteiger partial charge in [0.05, 0.1) is 13.2 Å². The van der Waals surface area contributed by atoms with Crippen molar-refractivity contribution in [2.75, 3.05) is 26.3 Å². The third-order valence-electron chi connectivity index (χ3n) is 12.6. The molecule has 290 valence electrons. The number of hydroxylamine groups is 2. The fourth-order valence-electron chi connectivity index (χ4n) is 9.72. The van der Waals surface area contributed by atoms with E-state index in [1.54, 1.807) is 37.0 Å². The van der Waals surface area contributed by atoms with E-state index < -0.39 is 77.1 Å². The van der Waals surface area contributed by atoms with Crippen molar-refractivity contribution < 1.29 is 57.6 Å². The molecule has 5 heterocycles. The largest absolute Gasteiger partial charge is 0.462 e. The average Bonchev–Trinajstić information content (AvgIpc) is 4.05. The topological polar surface area (TPSA) is 179 Å². The molecule has 8 aliphatic rings. The number of ether oxygens (including phenoxy) is 5. The fraction of sp³-hybridized carbons (Fsp3) is 0.667. The first kappa shape index (κ1) is 35.8. The molecule has 5 aliphatic heterocycles. The Balaban J connectivity index is 1.01. The van der Waals surface area contributed by atoms with Crippen molar-refractivity contribution >= 4 is 35.8 Å². The van der Waals surface area contributed by atoms with Crippen LogP contribution in [0.2, 0.25) is 0 Å². The zero-order valence-electron chi connectivity index (χ0n) is 30.5. The van der Waals surface area contributed by atoms with Crippen molar-refractivity contribution in [1.82, 2.24) is 15.3 Å². The molecular formula is C39H47N3O12. The Morgan fingerprint density at radius 2 is 1.80 bits per heavy atom. The number of amides is 2. The van der Waals surface area contributed by atoms with Crippen LogP contribution in [0.3, 0.4) is 0 Å². The highest BCUT2D eigenvalue weighted by Crippen LogP contribution is 2.64. The first-order valence-corrected chi connectivity index (χ1v) is 19.3. The zero-order chi connectivity index (χ0) is 37.6. The van der Waals surface area contributed by atoms with E-state index in [1.165, 1.54) is 11.1 Å². The smallest absolute Gasteiger partial charge is 0.348 e. The lowest BCUT2D eigenvalue weighted by Gasteiger charge is -2.50. The molecule has 2 N–H and O–H groups in total. The molecule has 3 saturated carbocycles. The van der Waals surface area contributed by atoms with E-state index in [-0.39, 0.29) is 56.4 Å². The first-order chi connectivity index (χ1) is 25.9. The number of aliphatic hydroxyl groups is 1. The van der Waals surface area contributed by atoms with Gasteiger partial charge in [-0.15, -0.1) is 0 Å². The second-order valence-corrected chi connectivity index (χ2v) is 16.8. The molecule has 0 aromatic heterocycles. The first-order valence-electron chi connectivity index (χ1n) is 19.3. The van der Waals surface area contributed by atoms with Crippen LogP contribution in [-0.2, 0) is 59.0 Å². The molecule has 0 spiro atoms. The van der Waals surface area contributed by atoms with Gasteiger partial charge in [-0.05, 0) is 55.7 Å². The van der Waals surface area contributed by atoms with Crippen molar-refractivity contribution in [3.8, 4) is 0 Å². The second-order valence-electron chi connectivity index (χ2n) is 16.8. The Hall–Kier alpha value is -3.89. The lowest BCUT2D eigenvalue weighted by atomic mass is 9.62. The lowest BCUT2D eigenvalue weighted by molar-refractivity contribution is -0.235. The molecule has 1 aromatic rings. The van der Waals surface area contributed by atoms with Gasteiger partial charge in [0.1, 0.15) is 42.5 Å². The fourth-order valence-corrected chi connectivity index (χ4v) is 9.72. The number of benzene rings is 1. The molecule has 8 atom stereocenters. The number of carbonyl (C=O) groups excluding carboxylic acids is 5. The third-order valence-corrected chi connectivity index (χ3v) is 12.6. The summed E-state index contributed by atoms with van der Waals surface area (Å²) in [5.74, 6) is -2.87. The molecule has 5 saturated heterocycles. The van der Waals surface area contributed by atoms with Crippen LogP contribution in [0.5, 0.6) is 0 Å². The SMILES string of the molecule is CC1(C)COC(=O)[C@@H]1OC(=O)C=Cc1cccc(CN2O[C@@H]3[C@H]4OC(C5CC5)(C5CC5)O[C@H]4[C@@H]4C[C@]3(C(=O)N3CCC[C@@H]3C(=O)NCCO)[C@@H]2C(=O)O4)c1. The minimum atomic E-state index is -1.41. The van der Waals surface area contributed by atoms with Gasteiger partial charge in [-0.25, -0.2) is 9.59 Å². The summed E-state index contributed by atoms with van der Waals surface area (Å²) in [7, 11) is 0. The van der Waals surface area contributed by atoms with E-state index in [9.17, 15) is 24.3 Å². The van der Waals surface area contributed by atoms with Gasteiger partial charge in [0.25, 0.3) is 0 Å². The van der Waals surface area contributed by atoms with Crippen LogP contribution in [-0.4, -0.2) is 119 Å². The summed E-state index contributed by atoms with van der Waals surface area (Å²) in [6, 6.07) is 5.42. The molecule has 1 aromatic carbocycles. The van der Waals surface area contributed by atoms with Gasteiger partial charge in [0.2, 0.25) is 17.9 Å². The Morgan fingerprint density at radius 3 is 2.50 bits per heavy atom. The summed E-state index contributed by atoms with van der Waals surface area (Å²) in [5.41, 5.74) is -0.660. The number of nitrogens with zero attached hydrogens (tertiary/aromatic N) is 2. The highest BCUT2D eigenvalue weighted by atomic mass is 16.8. The summed E-state index contributed by atoms with van der Waals surface area (Å²) < 4.78 is 30.5. The number of cyclic esters (lactones) is 1. The monoisotopic (exact) mass is 749 g/mol. The van der Waals surface area contributed by atoms with E-state index in [4.69, 9.17) is 28.5 Å². The molecular weight excluding hydrogens is 702 g/mol. The molecule has 0 radical (unpaired) electrons. The van der Waals surface area contributed by atoms with E-state index in [0.717, 1.165) is 31.2 Å². The quantitative estimate of drug-likeness (QED) is 0.189. The number of hydrogen-bond donors (Lipinski definition) is 2. The lowest BCUT2D eigenvalue weighted by Crippen LogP contribution is -2.70. The summed E-state index contributed by atoms with van der Waals surface area (Å²) in [6.07, 6.45) is 4.11. The van der Waals surface area contributed by atoms with Gasteiger partial charge in [0.15, 0.2) is 11.8 Å². The van der Waals surface area contributed by atoms with Gasteiger partial charge >= 0.3 is 17.9 Å². The molecule has 2 bridgehead atoms.